The number of benzene rings is 1. The first-order valence-corrected chi connectivity index (χ1v) is 10.3. The lowest BCUT2D eigenvalue weighted by molar-refractivity contribution is 0.102. The Labute approximate surface area is 155 Å². The SMILES string of the molecule is CC(C)CNS(=O)(=O)c1ccc2nc(NC(=O)c3ccccn3)sc2c1. The van der Waals surface area contributed by atoms with Crippen molar-refractivity contribution in [3.05, 3.63) is 48.3 Å². The fraction of sp³-hybridized carbons (Fsp3) is 0.235. The monoisotopic (exact) mass is 390 g/mol. The van der Waals surface area contributed by atoms with Gasteiger partial charge in [0.2, 0.25) is 10.0 Å². The molecule has 0 aliphatic heterocycles. The first-order valence-electron chi connectivity index (χ1n) is 7.98. The van der Waals surface area contributed by atoms with Crippen LogP contribution in [0.4, 0.5) is 5.13 Å². The summed E-state index contributed by atoms with van der Waals surface area (Å²) in [6.45, 7) is 4.24. The molecule has 0 radical (unpaired) electrons. The van der Waals surface area contributed by atoms with E-state index < -0.39 is 10.0 Å². The lowest BCUT2D eigenvalue weighted by atomic mass is 10.2. The number of anilines is 1. The van der Waals surface area contributed by atoms with Crippen LogP contribution < -0.4 is 10.0 Å². The molecule has 2 N–H and O–H groups in total. The number of fused-ring (bicyclic) bond motifs is 1. The summed E-state index contributed by atoms with van der Waals surface area (Å²) in [7, 11) is -3.57. The van der Waals surface area contributed by atoms with Gasteiger partial charge in [-0.3, -0.25) is 15.1 Å². The number of nitrogens with one attached hydrogen (secondary N) is 2. The molecule has 2 aromatic heterocycles. The minimum atomic E-state index is -3.57. The Kier molecular flexibility index (Phi) is 5.30. The molecule has 1 amide bonds. The number of pyridine rings is 1. The van der Waals surface area contributed by atoms with Crippen LogP contribution >= 0.6 is 11.3 Å². The van der Waals surface area contributed by atoms with Gasteiger partial charge in [0.05, 0.1) is 15.1 Å². The molecule has 3 aromatic rings. The predicted molar refractivity (Wildman–Crippen MR) is 102 cm³/mol. The third-order valence-corrected chi connectivity index (χ3v) is 5.82. The van der Waals surface area contributed by atoms with Crippen molar-refractivity contribution in [2.75, 3.05) is 11.9 Å². The van der Waals surface area contributed by atoms with Crippen LogP contribution in [-0.2, 0) is 10.0 Å². The van der Waals surface area contributed by atoms with Crippen molar-refractivity contribution in [2.24, 2.45) is 5.92 Å². The molecule has 7 nitrogen and oxygen atoms in total. The highest BCUT2D eigenvalue weighted by molar-refractivity contribution is 7.89. The van der Waals surface area contributed by atoms with Gasteiger partial charge in [-0.25, -0.2) is 18.1 Å². The number of hydrogen-bond donors (Lipinski definition) is 2. The van der Waals surface area contributed by atoms with Crippen LogP contribution in [0.15, 0.2) is 47.5 Å². The molecule has 0 aliphatic carbocycles. The van der Waals surface area contributed by atoms with Crippen LogP contribution in [0.25, 0.3) is 10.2 Å². The van der Waals surface area contributed by atoms with Gasteiger partial charge >= 0.3 is 0 Å². The molecule has 0 bridgehead atoms. The number of carbonyl (C=O) groups is 1. The van der Waals surface area contributed by atoms with Crippen molar-refractivity contribution in [1.29, 1.82) is 0 Å². The number of amides is 1. The second kappa shape index (κ2) is 7.48. The van der Waals surface area contributed by atoms with Crippen LogP contribution in [0.5, 0.6) is 0 Å². The molecular formula is C17H18N4O3S2. The normalized spacial score (nSPS) is 11.8. The molecule has 0 unspecified atom stereocenters. The van der Waals surface area contributed by atoms with Crippen molar-refractivity contribution >= 4 is 42.6 Å². The van der Waals surface area contributed by atoms with Gasteiger partial charge in [0.15, 0.2) is 5.13 Å². The van der Waals surface area contributed by atoms with E-state index in [1.165, 1.54) is 23.6 Å². The zero-order chi connectivity index (χ0) is 18.7. The molecule has 1 aromatic carbocycles. The van der Waals surface area contributed by atoms with E-state index >= 15 is 0 Å². The summed E-state index contributed by atoms with van der Waals surface area (Å²) in [5, 5.41) is 3.08. The predicted octanol–water partition coefficient (Wildman–Crippen LogP) is 2.88. The first-order chi connectivity index (χ1) is 12.3. The van der Waals surface area contributed by atoms with Gasteiger partial charge in [-0.1, -0.05) is 31.3 Å². The zero-order valence-electron chi connectivity index (χ0n) is 14.3. The van der Waals surface area contributed by atoms with E-state index in [2.05, 4.69) is 20.0 Å². The topological polar surface area (TPSA) is 101 Å². The van der Waals surface area contributed by atoms with E-state index in [0.29, 0.717) is 21.9 Å². The van der Waals surface area contributed by atoms with Crippen molar-refractivity contribution in [3.8, 4) is 0 Å². The first kappa shape index (κ1) is 18.4. The fourth-order valence-electron chi connectivity index (χ4n) is 2.14. The Balaban J connectivity index is 1.82. The molecule has 0 saturated heterocycles. The maximum Gasteiger partial charge on any atom is 0.276 e. The van der Waals surface area contributed by atoms with Gasteiger partial charge in [-0.15, -0.1) is 0 Å². The van der Waals surface area contributed by atoms with Crippen molar-refractivity contribution in [1.82, 2.24) is 14.7 Å². The van der Waals surface area contributed by atoms with Gasteiger partial charge in [-0.2, -0.15) is 0 Å². The van der Waals surface area contributed by atoms with Crippen LogP contribution in [0.3, 0.4) is 0 Å². The Morgan fingerprint density at radius 1 is 1.23 bits per heavy atom. The quantitative estimate of drug-likeness (QED) is 0.674. The molecule has 0 aliphatic rings. The molecule has 2 heterocycles. The van der Waals surface area contributed by atoms with Crippen molar-refractivity contribution in [3.63, 3.8) is 0 Å². The smallest absolute Gasteiger partial charge is 0.276 e. The maximum absolute atomic E-state index is 12.3. The van der Waals surface area contributed by atoms with E-state index in [4.69, 9.17) is 0 Å². The van der Waals surface area contributed by atoms with Gasteiger partial charge in [0.25, 0.3) is 5.91 Å². The summed E-state index contributed by atoms with van der Waals surface area (Å²) in [4.78, 5) is 20.6. The maximum atomic E-state index is 12.3. The number of nitrogens with zero attached hydrogens (tertiary/aromatic N) is 2. The highest BCUT2D eigenvalue weighted by Gasteiger charge is 2.17. The number of carbonyl (C=O) groups excluding carboxylic acids is 1. The third kappa shape index (κ3) is 4.24. The highest BCUT2D eigenvalue weighted by Crippen LogP contribution is 2.28. The molecule has 0 fully saturated rings. The molecule has 0 saturated carbocycles. The van der Waals surface area contributed by atoms with Crippen LogP contribution in [-0.4, -0.2) is 30.8 Å². The minimum Gasteiger partial charge on any atom is -0.296 e. The average Bonchev–Trinajstić information content (AvgIpc) is 3.02. The summed E-state index contributed by atoms with van der Waals surface area (Å²) in [6.07, 6.45) is 1.54. The number of hydrogen-bond acceptors (Lipinski definition) is 6. The third-order valence-electron chi connectivity index (χ3n) is 3.47. The fourth-order valence-corrected chi connectivity index (χ4v) is 4.36. The minimum absolute atomic E-state index is 0.178. The second-order valence-electron chi connectivity index (χ2n) is 6.06. The van der Waals surface area contributed by atoms with Crippen LogP contribution in [0.1, 0.15) is 24.3 Å². The second-order valence-corrected chi connectivity index (χ2v) is 8.86. The van der Waals surface area contributed by atoms with Crippen LogP contribution in [0, 0.1) is 5.92 Å². The lowest BCUT2D eigenvalue weighted by Crippen LogP contribution is -2.27. The summed E-state index contributed by atoms with van der Waals surface area (Å²) < 4.78 is 27.9. The highest BCUT2D eigenvalue weighted by atomic mass is 32.2. The number of rotatable bonds is 6. The van der Waals surface area contributed by atoms with E-state index in [0.717, 1.165) is 0 Å². The lowest BCUT2D eigenvalue weighted by Gasteiger charge is -2.08. The average molecular weight is 390 g/mol. The zero-order valence-corrected chi connectivity index (χ0v) is 15.9. The Bertz CT molecular complexity index is 1030. The summed E-state index contributed by atoms with van der Waals surface area (Å²) >= 11 is 1.21. The van der Waals surface area contributed by atoms with E-state index in [1.807, 2.05) is 13.8 Å². The van der Waals surface area contributed by atoms with Crippen LogP contribution in [0.2, 0.25) is 0 Å². The number of sulfonamides is 1. The molecule has 9 heteroatoms. The van der Waals surface area contributed by atoms with Gasteiger partial charge < -0.3 is 0 Å². The summed E-state index contributed by atoms with van der Waals surface area (Å²) in [5.41, 5.74) is 0.905. The number of aromatic nitrogens is 2. The summed E-state index contributed by atoms with van der Waals surface area (Å²) in [6, 6.07) is 9.76. The van der Waals surface area contributed by atoms with Gasteiger partial charge in [0, 0.05) is 12.7 Å². The molecule has 136 valence electrons. The van der Waals surface area contributed by atoms with E-state index in [1.54, 1.807) is 30.3 Å². The summed E-state index contributed by atoms with van der Waals surface area (Å²) in [5.74, 6) is -0.151. The number of thiazole rings is 1. The Hall–Kier alpha value is -2.36. The molecular weight excluding hydrogens is 372 g/mol. The van der Waals surface area contributed by atoms with E-state index in [-0.39, 0.29) is 22.4 Å². The largest absolute Gasteiger partial charge is 0.296 e. The Morgan fingerprint density at radius 2 is 2.04 bits per heavy atom. The van der Waals surface area contributed by atoms with E-state index in [9.17, 15) is 13.2 Å². The van der Waals surface area contributed by atoms with Gasteiger partial charge in [0.1, 0.15) is 5.69 Å². The molecule has 0 atom stereocenters. The molecule has 3 rings (SSSR count). The van der Waals surface area contributed by atoms with Crippen molar-refractivity contribution < 1.29 is 13.2 Å². The molecule has 26 heavy (non-hydrogen) atoms. The standard InChI is InChI=1S/C17H18N4O3S2/c1-11(2)10-19-26(23,24)12-6-7-13-15(9-12)25-17(20-13)21-16(22)14-5-3-4-8-18-14/h3-9,11,19H,10H2,1-2H3,(H,20,21,22). The Morgan fingerprint density at radius 3 is 2.73 bits per heavy atom. The van der Waals surface area contributed by atoms with Crippen molar-refractivity contribution in [2.45, 2.75) is 18.7 Å². The van der Waals surface area contributed by atoms with Gasteiger partial charge in [-0.05, 0) is 36.2 Å². The molecule has 0 spiro atoms.